The zero-order chi connectivity index (χ0) is 18.3. The first-order chi connectivity index (χ1) is 12.5. The maximum Gasteiger partial charge on any atom is 0.269 e. The number of aromatic nitrogens is 2. The van der Waals surface area contributed by atoms with Crippen LogP contribution >= 0.6 is 11.6 Å². The molecule has 1 fully saturated rings. The van der Waals surface area contributed by atoms with Gasteiger partial charge in [-0.1, -0.05) is 23.7 Å². The van der Waals surface area contributed by atoms with Crippen LogP contribution in [0.4, 0.5) is 5.69 Å². The van der Waals surface area contributed by atoms with E-state index in [1.165, 1.54) is 10.0 Å². The Morgan fingerprint density at radius 1 is 1.12 bits per heavy atom. The Kier molecular flexibility index (Phi) is 4.38. The van der Waals surface area contributed by atoms with Crippen molar-refractivity contribution < 1.29 is 8.42 Å². The van der Waals surface area contributed by atoms with Crippen LogP contribution in [0.2, 0.25) is 5.02 Å². The van der Waals surface area contributed by atoms with Crippen molar-refractivity contribution in [2.24, 2.45) is 0 Å². The monoisotopic (exact) mass is 390 g/mol. The number of aryl methyl sites for hydroxylation is 1. The molecular weight excluding hydrogens is 372 g/mol. The highest BCUT2D eigenvalue weighted by Gasteiger charge is 2.25. The lowest BCUT2D eigenvalue weighted by Crippen LogP contribution is -2.43. The largest absolute Gasteiger partial charge is 0.367 e. The van der Waals surface area contributed by atoms with Gasteiger partial charge in [-0.2, -0.15) is 0 Å². The lowest BCUT2D eigenvalue weighted by atomic mass is 10.2. The summed E-state index contributed by atoms with van der Waals surface area (Å²) in [5, 5.41) is 3.71. The number of halogens is 1. The molecule has 0 amide bonds. The molecule has 0 aliphatic carbocycles. The number of hydrogen-bond donors (Lipinski definition) is 1. The summed E-state index contributed by atoms with van der Waals surface area (Å²) in [6.07, 6.45) is 0. The van der Waals surface area contributed by atoms with Gasteiger partial charge in [-0.25, -0.2) is 17.4 Å². The van der Waals surface area contributed by atoms with Gasteiger partial charge in [0.05, 0.1) is 16.1 Å². The molecule has 1 N–H and O–H groups in total. The maximum absolute atomic E-state index is 13.2. The molecule has 2 heterocycles. The predicted octanol–water partition coefficient (Wildman–Crippen LogP) is 2.64. The number of para-hydroxylation sites is 1. The highest BCUT2D eigenvalue weighted by atomic mass is 35.5. The van der Waals surface area contributed by atoms with Crippen LogP contribution in [-0.4, -0.2) is 43.6 Å². The molecule has 0 saturated carbocycles. The summed E-state index contributed by atoms with van der Waals surface area (Å²) >= 11 is 6.00. The third-order valence-corrected chi connectivity index (χ3v) is 6.60. The molecule has 6 nitrogen and oxygen atoms in total. The summed E-state index contributed by atoms with van der Waals surface area (Å²) in [5.74, 6) is 0.433. The Morgan fingerprint density at radius 3 is 2.58 bits per heavy atom. The zero-order valence-corrected chi connectivity index (χ0v) is 15.9. The fraction of sp³-hybridized carbons (Fsp3) is 0.278. The van der Waals surface area contributed by atoms with E-state index in [1.807, 2.05) is 12.1 Å². The van der Waals surface area contributed by atoms with Gasteiger partial charge < -0.3 is 10.2 Å². The quantitative estimate of drug-likeness (QED) is 0.744. The van der Waals surface area contributed by atoms with E-state index < -0.39 is 10.0 Å². The first kappa shape index (κ1) is 17.3. The van der Waals surface area contributed by atoms with Crippen molar-refractivity contribution in [3.63, 3.8) is 0 Å². The van der Waals surface area contributed by atoms with E-state index in [4.69, 9.17) is 11.6 Å². The van der Waals surface area contributed by atoms with Crippen LogP contribution in [0.25, 0.3) is 11.0 Å². The summed E-state index contributed by atoms with van der Waals surface area (Å²) < 4.78 is 27.7. The summed E-state index contributed by atoms with van der Waals surface area (Å²) in [6.45, 7) is 5.25. The van der Waals surface area contributed by atoms with Crippen LogP contribution in [0.3, 0.4) is 0 Å². The smallest absolute Gasteiger partial charge is 0.269 e. The minimum absolute atomic E-state index is 0.153. The van der Waals surface area contributed by atoms with Crippen LogP contribution in [-0.2, 0) is 10.0 Å². The molecule has 0 atom stereocenters. The van der Waals surface area contributed by atoms with Gasteiger partial charge in [-0.15, -0.1) is 0 Å². The van der Waals surface area contributed by atoms with Gasteiger partial charge in [0.2, 0.25) is 0 Å². The lowest BCUT2D eigenvalue weighted by Gasteiger charge is -2.29. The normalized spacial score (nSPS) is 15.5. The molecule has 8 heteroatoms. The number of nitrogens with zero attached hydrogens (tertiary/aromatic N) is 3. The van der Waals surface area contributed by atoms with Gasteiger partial charge in [-0.3, -0.25) is 0 Å². The molecule has 1 saturated heterocycles. The molecule has 0 bridgehead atoms. The Hall–Kier alpha value is -2.09. The second-order valence-corrected chi connectivity index (χ2v) is 8.49. The van der Waals surface area contributed by atoms with Gasteiger partial charge in [0, 0.05) is 31.2 Å². The third kappa shape index (κ3) is 2.86. The van der Waals surface area contributed by atoms with Crippen molar-refractivity contribution in [2.45, 2.75) is 11.8 Å². The van der Waals surface area contributed by atoms with E-state index in [0.29, 0.717) is 21.9 Å². The molecular formula is C18H19ClN4O2S. The number of hydrogen-bond acceptors (Lipinski definition) is 5. The van der Waals surface area contributed by atoms with Crippen LogP contribution in [0.1, 0.15) is 5.82 Å². The van der Waals surface area contributed by atoms with Crippen molar-refractivity contribution in [3.8, 4) is 0 Å². The Labute approximate surface area is 157 Å². The molecule has 0 unspecified atom stereocenters. The van der Waals surface area contributed by atoms with Crippen molar-refractivity contribution in [1.82, 2.24) is 14.3 Å². The number of imidazole rings is 1. The fourth-order valence-corrected chi connectivity index (χ4v) is 5.16. The second-order valence-electron chi connectivity index (χ2n) is 6.27. The molecule has 26 heavy (non-hydrogen) atoms. The topological polar surface area (TPSA) is 67.2 Å². The molecule has 136 valence electrons. The second kappa shape index (κ2) is 6.57. The number of benzene rings is 2. The van der Waals surface area contributed by atoms with Gasteiger partial charge >= 0.3 is 0 Å². The van der Waals surface area contributed by atoms with Gasteiger partial charge in [0.15, 0.2) is 0 Å². The van der Waals surface area contributed by atoms with E-state index in [0.717, 1.165) is 31.9 Å². The van der Waals surface area contributed by atoms with Crippen LogP contribution in [0.5, 0.6) is 0 Å². The molecule has 4 rings (SSSR count). The van der Waals surface area contributed by atoms with E-state index in [2.05, 4.69) is 15.2 Å². The van der Waals surface area contributed by atoms with Crippen molar-refractivity contribution in [2.75, 3.05) is 31.1 Å². The summed E-state index contributed by atoms with van der Waals surface area (Å²) in [4.78, 5) is 6.98. The Bertz CT molecular complexity index is 1070. The predicted molar refractivity (Wildman–Crippen MR) is 104 cm³/mol. The van der Waals surface area contributed by atoms with E-state index in [1.54, 1.807) is 31.2 Å². The maximum atomic E-state index is 13.2. The minimum Gasteiger partial charge on any atom is -0.367 e. The van der Waals surface area contributed by atoms with E-state index in [-0.39, 0.29) is 4.90 Å². The standard InChI is InChI=1S/C18H19ClN4O2S/c1-13-21-18-16(22-10-8-20-9-11-22)6-3-7-17(18)23(13)26(24,25)15-5-2-4-14(19)12-15/h2-7,12,20H,8-11H2,1H3. The number of rotatable bonds is 3. The third-order valence-electron chi connectivity index (χ3n) is 4.57. The van der Waals surface area contributed by atoms with E-state index in [9.17, 15) is 8.42 Å². The molecule has 2 aromatic carbocycles. The minimum atomic E-state index is -3.78. The molecule has 1 aromatic heterocycles. The first-order valence-corrected chi connectivity index (χ1v) is 10.3. The Morgan fingerprint density at radius 2 is 1.85 bits per heavy atom. The average molecular weight is 391 g/mol. The summed E-state index contributed by atoms with van der Waals surface area (Å²) in [6, 6.07) is 12.0. The molecule has 1 aliphatic rings. The SMILES string of the molecule is Cc1nc2c(N3CCNCC3)cccc2n1S(=O)(=O)c1cccc(Cl)c1. The van der Waals surface area contributed by atoms with Crippen LogP contribution in [0.15, 0.2) is 47.4 Å². The molecule has 1 aliphatic heterocycles. The molecule has 0 spiro atoms. The van der Waals surface area contributed by atoms with Crippen LogP contribution in [0, 0.1) is 6.92 Å². The zero-order valence-electron chi connectivity index (χ0n) is 14.3. The van der Waals surface area contributed by atoms with E-state index >= 15 is 0 Å². The van der Waals surface area contributed by atoms with Crippen molar-refractivity contribution in [1.29, 1.82) is 0 Å². The average Bonchev–Trinajstić information content (AvgIpc) is 2.99. The number of anilines is 1. The highest BCUT2D eigenvalue weighted by molar-refractivity contribution is 7.90. The van der Waals surface area contributed by atoms with Crippen molar-refractivity contribution in [3.05, 3.63) is 53.3 Å². The van der Waals surface area contributed by atoms with Crippen molar-refractivity contribution >= 4 is 38.3 Å². The first-order valence-electron chi connectivity index (χ1n) is 8.43. The highest BCUT2D eigenvalue weighted by Crippen LogP contribution is 2.30. The number of fused-ring (bicyclic) bond motifs is 1. The molecule has 0 radical (unpaired) electrons. The summed E-state index contributed by atoms with van der Waals surface area (Å²) in [5.41, 5.74) is 2.25. The number of piperazine rings is 1. The summed E-state index contributed by atoms with van der Waals surface area (Å²) in [7, 11) is -3.78. The van der Waals surface area contributed by atoms with Crippen LogP contribution < -0.4 is 10.2 Å². The fourth-order valence-electron chi connectivity index (χ4n) is 3.38. The van der Waals surface area contributed by atoms with Gasteiger partial charge in [-0.05, 0) is 37.3 Å². The number of nitrogens with one attached hydrogen (secondary N) is 1. The van der Waals surface area contributed by atoms with Gasteiger partial charge in [0.1, 0.15) is 11.3 Å². The van der Waals surface area contributed by atoms with Gasteiger partial charge in [0.25, 0.3) is 10.0 Å². The molecule has 3 aromatic rings. The lowest BCUT2D eigenvalue weighted by molar-refractivity contribution is 0.587. The Balaban J connectivity index is 1.90.